The number of Topliss-reactive ketones (excluding diaryl/α,β-unsaturated/α-hetero) is 1. The predicted molar refractivity (Wildman–Crippen MR) is 71.3 cm³/mol. The van der Waals surface area contributed by atoms with Crippen molar-refractivity contribution >= 4 is 19.2 Å². The van der Waals surface area contributed by atoms with E-state index in [1.165, 1.54) is 5.56 Å². The Balaban J connectivity index is 1.93. The Morgan fingerprint density at radius 2 is 2.21 bits per heavy atom. The molecule has 3 N–H and O–H groups in total. The van der Waals surface area contributed by atoms with Crippen LogP contribution in [0.2, 0.25) is 0 Å². The van der Waals surface area contributed by atoms with Crippen molar-refractivity contribution in [3.8, 4) is 0 Å². The second-order valence-corrected chi connectivity index (χ2v) is 6.35. The van der Waals surface area contributed by atoms with Crippen LogP contribution in [0.1, 0.15) is 24.1 Å². The van der Waals surface area contributed by atoms with Crippen LogP contribution in [0, 0.1) is 0 Å². The van der Waals surface area contributed by atoms with Gasteiger partial charge in [0.25, 0.3) is 0 Å². The average molecular weight is 284 g/mol. The molecule has 2 rings (SSSR count). The maximum Gasteiger partial charge on any atom is 0.332 e. The van der Waals surface area contributed by atoms with Crippen LogP contribution in [-0.4, -0.2) is 33.3 Å². The van der Waals surface area contributed by atoms with E-state index in [0.29, 0.717) is 6.42 Å². The van der Waals surface area contributed by atoms with Gasteiger partial charge in [0.1, 0.15) is 17.8 Å². The van der Waals surface area contributed by atoms with Crippen molar-refractivity contribution in [2.24, 2.45) is 0 Å². The molecule has 0 fully saturated rings. The van der Waals surface area contributed by atoms with E-state index in [1.807, 2.05) is 12.1 Å². The number of hydrogen-bond donors (Lipinski definition) is 3. The summed E-state index contributed by atoms with van der Waals surface area (Å²) in [5.74, 6) is 0.437. The maximum absolute atomic E-state index is 11.4. The first-order valence-corrected chi connectivity index (χ1v) is 8.03. The molecule has 0 saturated heterocycles. The van der Waals surface area contributed by atoms with Crippen LogP contribution in [0.5, 0.6) is 0 Å². The zero-order chi connectivity index (χ0) is 13.9. The molecule has 1 aliphatic heterocycles. The standard InChI is InChI=1S/C12H17N2O4P/c15-11(8-19(16,17)18)6-5-10-4-3-9-2-1-7-13-12(9)14-10/h3-4H,1-2,5-8H2,(H,13,14)(H2,16,17,18). The number of anilines is 1. The number of pyridine rings is 1. The molecule has 0 amide bonds. The lowest BCUT2D eigenvalue weighted by atomic mass is 10.1. The Hall–Kier alpha value is -1.23. The minimum absolute atomic E-state index is 0.108. The van der Waals surface area contributed by atoms with Gasteiger partial charge >= 0.3 is 7.60 Å². The molecule has 2 heterocycles. The number of nitrogens with one attached hydrogen (secondary N) is 1. The lowest BCUT2D eigenvalue weighted by Gasteiger charge is -2.17. The molecule has 0 radical (unpaired) electrons. The second-order valence-electron chi connectivity index (χ2n) is 4.70. The molecule has 0 spiro atoms. The first-order valence-electron chi connectivity index (χ1n) is 6.23. The van der Waals surface area contributed by atoms with Gasteiger partial charge in [-0.3, -0.25) is 9.36 Å². The largest absolute Gasteiger partial charge is 0.370 e. The minimum Gasteiger partial charge on any atom is -0.370 e. The van der Waals surface area contributed by atoms with Crippen LogP contribution in [0.4, 0.5) is 5.82 Å². The summed E-state index contributed by atoms with van der Waals surface area (Å²) in [6, 6.07) is 3.87. The van der Waals surface area contributed by atoms with Crippen LogP contribution in [0.25, 0.3) is 0 Å². The van der Waals surface area contributed by atoms with Gasteiger partial charge in [-0.25, -0.2) is 4.98 Å². The molecule has 19 heavy (non-hydrogen) atoms. The highest BCUT2D eigenvalue weighted by molar-refractivity contribution is 7.52. The molecule has 1 aromatic heterocycles. The van der Waals surface area contributed by atoms with Crippen LogP contribution in [0.3, 0.4) is 0 Å². The Kier molecular flexibility index (Phi) is 4.34. The molecule has 0 aliphatic carbocycles. The van der Waals surface area contributed by atoms with Gasteiger partial charge in [-0.05, 0) is 30.9 Å². The molecule has 0 atom stereocenters. The van der Waals surface area contributed by atoms with Crippen molar-refractivity contribution < 1.29 is 19.1 Å². The van der Waals surface area contributed by atoms with Gasteiger partial charge in [0, 0.05) is 18.7 Å². The molecule has 1 aromatic rings. The highest BCUT2D eigenvalue weighted by Gasteiger charge is 2.19. The van der Waals surface area contributed by atoms with Gasteiger partial charge in [-0.2, -0.15) is 0 Å². The molecule has 0 bridgehead atoms. The van der Waals surface area contributed by atoms with Crippen molar-refractivity contribution in [1.29, 1.82) is 0 Å². The Morgan fingerprint density at radius 1 is 1.42 bits per heavy atom. The lowest BCUT2D eigenvalue weighted by Crippen LogP contribution is -2.14. The van der Waals surface area contributed by atoms with E-state index in [-0.39, 0.29) is 6.42 Å². The van der Waals surface area contributed by atoms with Crippen LogP contribution in [-0.2, 0) is 22.2 Å². The summed E-state index contributed by atoms with van der Waals surface area (Å²) in [4.78, 5) is 33.2. The van der Waals surface area contributed by atoms with E-state index in [0.717, 1.165) is 30.9 Å². The summed E-state index contributed by atoms with van der Waals surface area (Å²) in [7, 11) is -4.24. The van der Waals surface area contributed by atoms with Gasteiger partial charge in [0.05, 0.1) is 0 Å². The van der Waals surface area contributed by atoms with Crippen molar-refractivity contribution in [3.63, 3.8) is 0 Å². The molecule has 7 heteroatoms. The fourth-order valence-corrected chi connectivity index (χ4v) is 2.70. The number of fused-ring (bicyclic) bond motifs is 1. The van der Waals surface area contributed by atoms with Crippen LogP contribution in [0.15, 0.2) is 12.1 Å². The zero-order valence-corrected chi connectivity index (χ0v) is 11.4. The lowest BCUT2D eigenvalue weighted by molar-refractivity contribution is -0.116. The molecular formula is C12H17N2O4P. The van der Waals surface area contributed by atoms with E-state index in [2.05, 4.69) is 10.3 Å². The number of ketones is 1. The molecule has 0 aromatic carbocycles. The molecule has 1 aliphatic rings. The summed E-state index contributed by atoms with van der Waals surface area (Å²) in [5.41, 5.74) is 1.95. The Bertz CT molecular complexity index is 526. The summed E-state index contributed by atoms with van der Waals surface area (Å²) < 4.78 is 10.7. The number of aromatic nitrogens is 1. The summed E-state index contributed by atoms with van der Waals surface area (Å²) in [5, 5.41) is 3.21. The van der Waals surface area contributed by atoms with E-state index in [4.69, 9.17) is 9.79 Å². The highest BCUT2D eigenvalue weighted by Crippen LogP contribution is 2.34. The number of carbonyl (C=O) groups excluding carboxylic acids is 1. The van der Waals surface area contributed by atoms with E-state index >= 15 is 0 Å². The van der Waals surface area contributed by atoms with Crippen LogP contribution >= 0.6 is 7.60 Å². The van der Waals surface area contributed by atoms with Gasteiger partial charge in [0.2, 0.25) is 0 Å². The van der Waals surface area contributed by atoms with Crippen molar-refractivity contribution in [2.75, 3.05) is 18.0 Å². The van der Waals surface area contributed by atoms with Gasteiger partial charge < -0.3 is 15.1 Å². The fourth-order valence-electron chi connectivity index (χ4n) is 2.08. The first kappa shape index (κ1) is 14.2. The first-order chi connectivity index (χ1) is 8.94. The molecular weight excluding hydrogens is 267 g/mol. The molecule has 6 nitrogen and oxygen atoms in total. The summed E-state index contributed by atoms with van der Waals surface area (Å²) >= 11 is 0. The van der Waals surface area contributed by atoms with Crippen molar-refractivity contribution in [1.82, 2.24) is 4.98 Å². The average Bonchev–Trinajstić information content (AvgIpc) is 2.34. The zero-order valence-electron chi connectivity index (χ0n) is 10.5. The third kappa shape index (κ3) is 4.42. The number of rotatable bonds is 5. The van der Waals surface area contributed by atoms with Crippen LogP contribution < -0.4 is 5.32 Å². The number of nitrogens with zero attached hydrogens (tertiary/aromatic N) is 1. The monoisotopic (exact) mass is 284 g/mol. The maximum atomic E-state index is 11.4. The molecule has 0 saturated carbocycles. The number of carbonyl (C=O) groups is 1. The number of hydrogen-bond acceptors (Lipinski definition) is 4. The van der Waals surface area contributed by atoms with Gasteiger partial charge in [-0.15, -0.1) is 0 Å². The number of aryl methyl sites for hydroxylation is 2. The Labute approximate surface area is 111 Å². The van der Waals surface area contributed by atoms with E-state index in [1.54, 1.807) is 0 Å². The third-order valence-electron chi connectivity index (χ3n) is 2.99. The predicted octanol–water partition coefficient (Wildman–Crippen LogP) is 1.12. The smallest absolute Gasteiger partial charge is 0.332 e. The summed E-state index contributed by atoms with van der Waals surface area (Å²) in [6.07, 6.45) is 1.93. The third-order valence-corrected chi connectivity index (χ3v) is 3.76. The Morgan fingerprint density at radius 3 is 2.95 bits per heavy atom. The van der Waals surface area contributed by atoms with Gasteiger partial charge in [0.15, 0.2) is 0 Å². The van der Waals surface area contributed by atoms with Gasteiger partial charge in [-0.1, -0.05) is 6.07 Å². The highest BCUT2D eigenvalue weighted by atomic mass is 31.2. The normalized spacial score (nSPS) is 14.6. The SMILES string of the molecule is O=C(CCc1ccc2c(n1)NCCC2)CP(=O)(O)O. The molecule has 0 unspecified atom stereocenters. The second kappa shape index (κ2) is 5.82. The fraction of sp³-hybridized carbons (Fsp3) is 0.500. The van der Waals surface area contributed by atoms with Crippen molar-refractivity contribution in [2.45, 2.75) is 25.7 Å². The molecule has 104 valence electrons. The minimum atomic E-state index is -4.24. The topological polar surface area (TPSA) is 99.5 Å². The van der Waals surface area contributed by atoms with E-state index in [9.17, 15) is 9.36 Å². The van der Waals surface area contributed by atoms with Crippen molar-refractivity contribution in [3.05, 3.63) is 23.4 Å². The quantitative estimate of drug-likeness (QED) is 0.701. The summed E-state index contributed by atoms with van der Waals surface area (Å²) in [6.45, 7) is 0.903. The van der Waals surface area contributed by atoms with E-state index < -0.39 is 19.5 Å².